The molecule has 1 aliphatic heterocycles. The fraction of sp³-hybridized carbons (Fsp3) is 0.400. The number of thiophene rings is 1. The number of anilines is 1. The van der Waals surface area contributed by atoms with E-state index in [0.717, 1.165) is 47.1 Å². The van der Waals surface area contributed by atoms with E-state index < -0.39 is 0 Å². The van der Waals surface area contributed by atoms with Crippen molar-refractivity contribution >= 4 is 56.2 Å². The van der Waals surface area contributed by atoms with Crippen molar-refractivity contribution < 1.29 is 4.79 Å². The van der Waals surface area contributed by atoms with Crippen molar-refractivity contribution in [3.05, 3.63) is 34.7 Å². The van der Waals surface area contributed by atoms with Crippen LogP contribution in [-0.4, -0.2) is 28.9 Å². The van der Waals surface area contributed by atoms with Crippen LogP contribution in [0.1, 0.15) is 31.2 Å². The van der Waals surface area contributed by atoms with E-state index in [1.165, 1.54) is 15.1 Å². The van der Waals surface area contributed by atoms with E-state index in [1.807, 2.05) is 26.0 Å². The van der Waals surface area contributed by atoms with Gasteiger partial charge >= 0.3 is 0 Å². The standard InChI is InChI=1S/C20H23N3OS2.ClH/c1-4-23-10-9-13-16(11-23)26-20(22-18(24)12(2)3)17(13)19-21-14-7-5-6-8-15(14)25-19;/h5-8,12H,4,9-11H2,1-3H3,(H,22,24);1H. The number of likely N-dealkylation sites (N-methyl/N-ethyl adjacent to an activating group) is 1. The zero-order chi connectivity index (χ0) is 18.3. The second-order valence-corrected chi connectivity index (χ2v) is 9.09. The van der Waals surface area contributed by atoms with Gasteiger partial charge in [-0.3, -0.25) is 9.69 Å². The molecule has 1 N–H and O–H groups in total. The molecule has 0 saturated carbocycles. The molecule has 0 fully saturated rings. The number of hydrogen-bond acceptors (Lipinski definition) is 5. The highest BCUT2D eigenvalue weighted by atomic mass is 35.5. The lowest BCUT2D eigenvalue weighted by molar-refractivity contribution is -0.118. The summed E-state index contributed by atoms with van der Waals surface area (Å²) in [6, 6.07) is 8.24. The molecular formula is C20H24ClN3OS2. The number of nitrogens with zero attached hydrogens (tertiary/aromatic N) is 2. The second kappa shape index (κ2) is 8.27. The van der Waals surface area contributed by atoms with Gasteiger partial charge in [0.1, 0.15) is 10.0 Å². The molecular weight excluding hydrogens is 398 g/mol. The molecule has 2 aromatic heterocycles. The highest BCUT2D eigenvalue weighted by molar-refractivity contribution is 7.22. The van der Waals surface area contributed by atoms with Gasteiger partial charge in [0.05, 0.1) is 10.2 Å². The fourth-order valence-corrected chi connectivity index (χ4v) is 5.68. The van der Waals surface area contributed by atoms with Gasteiger partial charge < -0.3 is 5.32 Å². The first kappa shape index (κ1) is 20.3. The lowest BCUT2D eigenvalue weighted by atomic mass is 10.0. The van der Waals surface area contributed by atoms with Crippen molar-refractivity contribution in [2.75, 3.05) is 18.4 Å². The molecule has 7 heteroatoms. The highest BCUT2D eigenvalue weighted by Gasteiger charge is 2.27. The van der Waals surface area contributed by atoms with Crippen LogP contribution in [0.4, 0.5) is 5.00 Å². The van der Waals surface area contributed by atoms with Crippen LogP contribution in [0.2, 0.25) is 0 Å². The molecule has 144 valence electrons. The molecule has 27 heavy (non-hydrogen) atoms. The molecule has 0 saturated heterocycles. The Kier molecular flexibility index (Phi) is 6.21. The number of para-hydroxylation sites is 1. The lowest BCUT2D eigenvalue weighted by Crippen LogP contribution is -2.29. The molecule has 0 atom stereocenters. The first-order chi connectivity index (χ1) is 12.6. The van der Waals surface area contributed by atoms with Crippen LogP contribution in [0.25, 0.3) is 20.8 Å². The summed E-state index contributed by atoms with van der Waals surface area (Å²) >= 11 is 3.44. The maximum Gasteiger partial charge on any atom is 0.227 e. The monoisotopic (exact) mass is 421 g/mol. The zero-order valence-electron chi connectivity index (χ0n) is 15.7. The summed E-state index contributed by atoms with van der Waals surface area (Å²) in [5.41, 5.74) is 3.55. The van der Waals surface area contributed by atoms with Crippen LogP contribution in [0.5, 0.6) is 0 Å². The van der Waals surface area contributed by atoms with Gasteiger partial charge in [-0.2, -0.15) is 0 Å². The first-order valence-electron chi connectivity index (χ1n) is 9.10. The number of nitrogens with one attached hydrogen (secondary N) is 1. The number of carbonyl (C=O) groups excluding carboxylic acids is 1. The minimum atomic E-state index is -0.0375. The largest absolute Gasteiger partial charge is 0.317 e. The van der Waals surface area contributed by atoms with Crippen molar-refractivity contribution in [1.82, 2.24) is 9.88 Å². The maximum atomic E-state index is 12.4. The van der Waals surface area contributed by atoms with Crippen LogP contribution in [0, 0.1) is 5.92 Å². The molecule has 0 bridgehead atoms. The average Bonchev–Trinajstić information content (AvgIpc) is 3.20. The van der Waals surface area contributed by atoms with E-state index in [2.05, 4.69) is 29.3 Å². The predicted octanol–water partition coefficient (Wildman–Crippen LogP) is 5.42. The number of halogens is 1. The molecule has 0 spiro atoms. The van der Waals surface area contributed by atoms with Crippen molar-refractivity contribution in [3.63, 3.8) is 0 Å². The molecule has 0 aliphatic carbocycles. The van der Waals surface area contributed by atoms with E-state index in [9.17, 15) is 4.79 Å². The summed E-state index contributed by atoms with van der Waals surface area (Å²) in [6.07, 6.45) is 1.02. The summed E-state index contributed by atoms with van der Waals surface area (Å²) in [6.45, 7) is 9.15. The zero-order valence-corrected chi connectivity index (χ0v) is 18.2. The van der Waals surface area contributed by atoms with Crippen LogP contribution >= 0.6 is 35.1 Å². The van der Waals surface area contributed by atoms with Crippen LogP contribution in [0.3, 0.4) is 0 Å². The minimum absolute atomic E-state index is 0. The van der Waals surface area contributed by atoms with Gasteiger partial charge in [0.15, 0.2) is 0 Å². The molecule has 1 aliphatic rings. The summed E-state index contributed by atoms with van der Waals surface area (Å²) in [4.78, 5) is 21.1. The molecule has 3 aromatic rings. The number of rotatable bonds is 4. The summed E-state index contributed by atoms with van der Waals surface area (Å²) in [5.74, 6) is 0.0304. The number of amides is 1. The third kappa shape index (κ3) is 3.90. The van der Waals surface area contributed by atoms with Gasteiger partial charge in [-0.05, 0) is 30.7 Å². The summed E-state index contributed by atoms with van der Waals surface area (Å²) < 4.78 is 1.19. The third-order valence-corrected chi connectivity index (χ3v) is 7.04. The average molecular weight is 422 g/mol. The number of carbonyl (C=O) groups is 1. The molecule has 0 radical (unpaired) electrons. The Morgan fingerprint density at radius 1 is 1.30 bits per heavy atom. The molecule has 4 nitrogen and oxygen atoms in total. The van der Waals surface area contributed by atoms with Gasteiger partial charge in [-0.25, -0.2) is 4.98 Å². The van der Waals surface area contributed by atoms with Gasteiger partial charge in [-0.15, -0.1) is 35.1 Å². The third-order valence-electron chi connectivity index (χ3n) is 4.85. The Labute approximate surface area is 174 Å². The molecule has 1 aromatic carbocycles. The van der Waals surface area contributed by atoms with E-state index >= 15 is 0 Å². The van der Waals surface area contributed by atoms with Gasteiger partial charge in [0.25, 0.3) is 0 Å². The van der Waals surface area contributed by atoms with Crippen molar-refractivity contribution in [1.29, 1.82) is 0 Å². The van der Waals surface area contributed by atoms with Gasteiger partial charge in [0, 0.05) is 29.4 Å². The SMILES string of the molecule is CCN1CCc2c(sc(NC(=O)C(C)C)c2-c2nc3ccccc3s2)C1.Cl. The van der Waals surface area contributed by atoms with Crippen molar-refractivity contribution in [2.45, 2.75) is 33.7 Å². The summed E-state index contributed by atoms with van der Waals surface area (Å²) in [7, 11) is 0. The van der Waals surface area contributed by atoms with E-state index in [-0.39, 0.29) is 24.2 Å². The highest BCUT2D eigenvalue weighted by Crippen LogP contribution is 2.45. The van der Waals surface area contributed by atoms with Crippen LogP contribution in [0.15, 0.2) is 24.3 Å². The minimum Gasteiger partial charge on any atom is -0.317 e. The number of aromatic nitrogens is 1. The number of thiazole rings is 1. The Morgan fingerprint density at radius 2 is 2.07 bits per heavy atom. The van der Waals surface area contributed by atoms with Crippen molar-refractivity contribution in [2.24, 2.45) is 5.92 Å². The molecule has 3 heterocycles. The second-order valence-electron chi connectivity index (χ2n) is 6.96. The summed E-state index contributed by atoms with van der Waals surface area (Å²) in [5, 5.41) is 5.16. The first-order valence-corrected chi connectivity index (χ1v) is 10.7. The Bertz CT molecular complexity index is 930. The topological polar surface area (TPSA) is 45.2 Å². The molecule has 1 amide bonds. The number of hydrogen-bond donors (Lipinski definition) is 1. The van der Waals surface area contributed by atoms with E-state index in [0.29, 0.717) is 0 Å². The Morgan fingerprint density at radius 3 is 2.78 bits per heavy atom. The Balaban J connectivity index is 0.00000210. The smallest absolute Gasteiger partial charge is 0.227 e. The predicted molar refractivity (Wildman–Crippen MR) is 118 cm³/mol. The van der Waals surface area contributed by atoms with Crippen LogP contribution < -0.4 is 5.32 Å². The maximum absolute atomic E-state index is 12.4. The normalized spacial score (nSPS) is 14.2. The van der Waals surface area contributed by atoms with E-state index in [1.54, 1.807) is 22.7 Å². The number of fused-ring (bicyclic) bond motifs is 2. The number of benzene rings is 1. The molecule has 4 rings (SSSR count). The van der Waals surface area contributed by atoms with Crippen LogP contribution in [-0.2, 0) is 17.8 Å². The quantitative estimate of drug-likeness (QED) is 0.611. The van der Waals surface area contributed by atoms with Gasteiger partial charge in [0.2, 0.25) is 5.91 Å². The van der Waals surface area contributed by atoms with Crippen molar-refractivity contribution in [3.8, 4) is 10.6 Å². The lowest BCUT2D eigenvalue weighted by Gasteiger charge is -2.25. The van der Waals surface area contributed by atoms with E-state index in [4.69, 9.17) is 4.98 Å². The Hall–Kier alpha value is -1.47. The fourth-order valence-electron chi connectivity index (χ4n) is 3.28. The van der Waals surface area contributed by atoms with Gasteiger partial charge in [-0.1, -0.05) is 32.9 Å². The molecule has 0 unspecified atom stereocenters.